The molecule has 0 saturated carbocycles. The first-order chi connectivity index (χ1) is 14.3. The Morgan fingerprint density at radius 3 is 2.62 bits per heavy atom. The van der Waals surface area contributed by atoms with E-state index in [-0.39, 0.29) is 11.9 Å². The van der Waals surface area contributed by atoms with Gasteiger partial charge in [0.05, 0.1) is 12.6 Å². The molecule has 0 bridgehead atoms. The predicted octanol–water partition coefficient (Wildman–Crippen LogP) is 6.27. The number of hydrogen-bond acceptors (Lipinski definition) is 2. The topological polar surface area (TPSA) is 21.3 Å². The Hall–Kier alpha value is -3.07. The van der Waals surface area contributed by atoms with Crippen LogP contribution in [0.4, 0.5) is 10.1 Å². The van der Waals surface area contributed by atoms with Gasteiger partial charge in [0.2, 0.25) is 0 Å². The van der Waals surface area contributed by atoms with Gasteiger partial charge in [-0.2, -0.15) is 0 Å². The first-order valence-corrected chi connectivity index (χ1v) is 10.3. The lowest BCUT2D eigenvalue weighted by Crippen LogP contribution is -2.29. The summed E-state index contributed by atoms with van der Waals surface area (Å²) in [6, 6.07) is 23.8. The molecule has 1 heterocycles. The van der Waals surface area contributed by atoms with Crippen molar-refractivity contribution in [3.63, 3.8) is 0 Å². The van der Waals surface area contributed by atoms with E-state index < -0.39 is 0 Å². The van der Waals surface area contributed by atoms with Gasteiger partial charge in [0.1, 0.15) is 11.6 Å². The van der Waals surface area contributed by atoms with Gasteiger partial charge in [-0.25, -0.2) is 4.39 Å². The van der Waals surface area contributed by atoms with E-state index in [4.69, 9.17) is 4.74 Å². The molecule has 0 aromatic heterocycles. The van der Waals surface area contributed by atoms with Gasteiger partial charge < -0.3 is 10.1 Å². The van der Waals surface area contributed by atoms with E-state index in [9.17, 15) is 4.39 Å². The lowest BCUT2D eigenvalue weighted by Gasteiger charge is -2.37. The Labute approximate surface area is 171 Å². The number of nitrogens with one attached hydrogen (secondary N) is 1. The normalized spacial score (nSPS) is 21.9. The van der Waals surface area contributed by atoms with Gasteiger partial charge >= 0.3 is 0 Å². The summed E-state index contributed by atoms with van der Waals surface area (Å²) in [4.78, 5) is 0. The van der Waals surface area contributed by atoms with Gasteiger partial charge in [0.25, 0.3) is 0 Å². The highest BCUT2D eigenvalue weighted by Crippen LogP contribution is 2.50. The molecular formula is C26H24FNO. The Balaban J connectivity index is 1.35. The number of rotatable bonds is 5. The van der Waals surface area contributed by atoms with Gasteiger partial charge in [-0.15, -0.1) is 0 Å². The van der Waals surface area contributed by atoms with Crippen molar-refractivity contribution >= 4 is 5.69 Å². The van der Waals surface area contributed by atoms with Crippen molar-refractivity contribution in [2.24, 2.45) is 5.92 Å². The van der Waals surface area contributed by atoms with E-state index in [1.807, 2.05) is 24.3 Å². The van der Waals surface area contributed by atoms with E-state index >= 15 is 0 Å². The smallest absolute Gasteiger partial charge is 0.123 e. The van der Waals surface area contributed by atoms with Crippen molar-refractivity contribution in [3.8, 4) is 5.75 Å². The molecule has 5 rings (SSSR count). The highest BCUT2D eigenvalue weighted by molar-refractivity contribution is 5.61. The molecule has 146 valence electrons. The molecule has 1 N–H and O–H groups in total. The van der Waals surface area contributed by atoms with Crippen molar-refractivity contribution in [1.82, 2.24) is 0 Å². The predicted molar refractivity (Wildman–Crippen MR) is 115 cm³/mol. The summed E-state index contributed by atoms with van der Waals surface area (Å²) in [6.07, 6.45) is 6.51. The zero-order valence-corrected chi connectivity index (χ0v) is 16.2. The highest BCUT2D eigenvalue weighted by atomic mass is 19.1. The number of benzene rings is 3. The molecule has 0 spiro atoms. The van der Waals surface area contributed by atoms with Crippen molar-refractivity contribution in [2.45, 2.75) is 24.8 Å². The minimum absolute atomic E-state index is 0.188. The molecule has 0 saturated heterocycles. The van der Waals surface area contributed by atoms with Crippen molar-refractivity contribution in [3.05, 3.63) is 107 Å². The Morgan fingerprint density at radius 1 is 0.966 bits per heavy atom. The highest BCUT2D eigenvalue weighted by Gasteiger charge is 2.38. The average Bonchev–Trinajstić information content (AvgIpc) is 3.25. The minimum Gasteiger partial charge on any atom is -0.493 e. The molecular weight excluding hydrogens is 361 g/mol. The maximum Gasteiger partial charge on any atom is 0.123 e. The van der Waals surface area contributed by atoms with E-state index in [0.717, 1.165) is 29.8 Å². The molecule has 3 unspecified atom stereocenters. The third-order valence-corrected chi connectivity index (χ3v) is 6.07. The number of ether oxygens (including phenoxy) is 1. The quantitative estimate of drug-likeness (QED) is 0.522. The maximum absolute atomic E-state index is 13.4. The van der Waals surface area contributed by atoms with E-state index in [2.05, 4.69) is 53.9 Å². The molecule has 29 heavy (non-hydrogen) atoms. The SMILES string of the molecule is Fc1ccc(C2Nc3ccc(OCCc4ccccc4)cc3C3C=CCC32)cc1. The third-order valence-electron chi connectivity index (χ3n) is 6.07. The summed E-state index contributed by atoms with van der Waals surface area (Å²) in [5.41, 5.74) is 4.86. The summed E-state index contributed by atoms with van der Waals surface area (Å²) in [5.74, 6) is 1.52. The van der Waals surface area contributed by atoms with Crippen molar-refractivity contribution in [1.29, 1.82) is 0 Å². The monoisotopic (exact) mass is 385 g/mol. The number of halogens is 1. The summed E-state index contributed by atoms with van der Waals surface area (Å²) in [6.45, 7) is 0.665. The molecule has 2 aliphatic rings. The minimum atomic E-state index is -0.191. The van der Waals surface area contributed by atoms with Crippen LogP contribution in [0, 0.1) is 11.7 Å². The fourth-order valence-corrected chi connectivity index (χ4v) is 4.59. The van der Waals surface area contributed by atoms with Crippen LogP contribution in [-0.4, -0.2) is 6.61 Å². The fourth-order valence-electron chi connectivity index (χ4n) is 4.59. The lowest BCUT2D eigenvalue weighted by molar-refractivity contribution is 0.320. The van der Waals surface area contributed by atoms with Gasteiger partial charge in [-0.05, 0) is 59.4 Å². The standard InChI is InChI=1S/C26H24FNO/c27-20-11-9-19(10-12-20)26-23-8-4-7-22(23)24-17-21(13-14-25(24)28-26)29-16-15-18-5-2-1-3-6-18/h1-7,9-14,17,22-23,26,28H,8,15-16H2. The molecule has 0 amide bonds. The van der Waals surface area contributed by atoms with Crippen molar-refractivity contribution < 1.29 is 9.13 Å². The average molecular weight is 385 g/mol. The molecule has 3 atom stereocenters. The molecule has 1 aliphatic carbocycles. The van der Waals surface area contributed by atoms with Crippen LogP contribution in [0.5, 0.6) is 5.75 Å². The van der Waals surface area contributed by atoms with Crippen LogP contribution in [0.15, 0.2) is 84.9 Å². The molecule has 3 heteroatoms. The maximum atomic E-state index is 13.4. The van der Waals surface area contributed by atoms with Gasteiger partial charge in [0, 0.05) is 18.0 Å². The van der Waals surface area contributed by atoms with Crippen LogP contribution in [0.3, 0.4) is 0 Å². The Morgan fingerprint density at radius 2 is 1.79 bits per heavy atom. The van der Waals surface area contributed by atoms with Crippen LogP contribution in [0.2, 0.25) is 0 Å². The zero-order chi connectivity index (χ0) is 19.6. The van der Waals surface area contributed by atoms with E-state index in [1.165, 1.54) is 11.1 Å². The number of hydrogen-bond donors (Lipinski definition) is 1. The van der Waals surface area contributed by atoms with E-state index in [1.54, 1.807) is 12.1 Å². The van der Waals surface area contributed by atoms with Crippen LogP contribution < -0.4 is 10.1 Å². The largest absolute Gasteiger partial charge is 0.493 e. The number of allylic oxidation sites excluding steroid dienone is 2. The second-order valence-electron chi connectivity index (χ2n) is 7.86. The zero-order valence-electron chi connectivity index (χ0n) is 16.2. The van der Waals surface area contributed by atoms with Crippen LogP contribution in [0.25, 0.3) is 0 Å². The summed E-state index contributed by atoms with van der Waals surface area (Å²) in [5, 5.41) is 3.70. The second-order valence-corrected chi connectivity index (χ2v) is 7.86. The summed E-state index contributed by atoms with van der Waals surface area (Å²) >= 11 is 0. The van der Waals surface area contributed by atoms with Crippen LogP contribution in [-0.2, 0) is 6.42 Å². The Bertz CT molecular complexity index is 1010. The second kappa shape index (κ2) is 7.75. The molecule has 0 radical (unpaired) electrons. The van der Waals surface area contributed by atoms with Gasteiger partial charge in [0.15, 0.2) is 0 Å². The van der Waals surface area contributed by atoms with Crippen LogP contribution >= 0.6 is 0 Å². The summed E-state index contributed by atoms with van der Waals surface area (Å²) < 4.78 is 19.4. The first-order valence-electron chi connectivity index (χ1n) is 10.3. The third kappa shape index (κ3) is 3.65. The number of fused-ring (bicyclic) bond motifs is 3. The molecule has 3 aromatic carbocycles. The molecule has 1 aliphatic heterocycles. The number of anilines is 1. The molecule has 3 aromatic rings. The Kier molecular flexibility index (Phi) is 4.81. The summed E-state index contributed by atoms with van der Waals surface area (Å²) in [7, 11) is 0. The molecule has 2 nitrogen and oxygen atoms in total. The van der Waals surface area contributed by atoms with Gasteiger partial charge in [-0.3, -0.25) is 0 Å². The fraction of sp³-hybridized carbons (Fsp3) is 0.231. The lowest BCUT2D eigenvalue weighted by atomic mass is 9.77. The van der Waals surface area contributed by atoms with E-state index in [0.29, 0.717) is 18.4 Å². The first kappa shape index (κ1) is 18.0. The van der Waals surface area contributed by atoms with Gasteiger partial charge in [-0.1, -0.05) is 54.6 Å². The van der Waals surface area contributed by atoms with Crippen molar-refractivity contribution in [2.75, 3.05) is 11.9 Å². The van der Waals surface area contributed by atoms with Crippen LogP contribution in [0.1, 0.15) is 35.1 Å². The molecule has 0 fully saturated rings.